The van der Waals surface area contributed by atoms with Gasteiger partial charge in [-0.15, -0.1) is 0 Å². The lowest BCUT2D eigenvalue weighted by atomic mass is 9.98. The molecule has 38 heavy (non-hydrogen) atoms. The van der Waals surface area contributed by atoms with Crippen molar-refractivity contribution in [3.05, 3.63) is 71.5 Å². The van der Waals surface area contributed by atoms with Gasteiger partial charge in [0, 0.05) is 33.2 Å². The molecule has 2 heterocycles. The fourth-order valence-corrected chi connectivity index (χ4v) is 5.16. The number of carbonyl (C=O) groups is 3. The quantitative estimate of drug-likeness (QED) is 0.260. The van der Waals surface area contributed by atoms with E-state index in [1.54, 1.807) is 34.0 Å². The minimum Gasteiger partial charge on any atom is -0.368 e. The summed E-state index contributed by atoms with van der Waals surface area (Å²) in [6.07, 6.45) is 0.337. The van der Waals surface area contributed by atoms with Crippen molar-refractivity contribution in [3.8, 4) is 0 Å². The number of hydrogen-bond donors (Lipinski definition) is 1. The topological polar surface area (TPSA) is 85.4 Å². The number of halogens is 2. The largest absolute Gasteiger partial charge is 0.368 e. The molecule has 204 valence electrons. The van der Waals surface area contributed by atoms with Crippen molar-refractivity contribution in [2.24, 2.45) is 0 Å². The number of amides is 4. The lowest BCUT2D eigenvalue weighted by Crippen LogP contribution is -2.76. The Kier molecular flexibility index (Phi) is 9.55. The fourth-order valence-electron chi connectivity index (χ4n) is 4.91. The summed E-state index contributed by atoms with van der Waals surface area (Å²) < 4.78 is 19.0. The van der Waals surface area contributed by atoms with E-state index in [2.05, 4.69) is 27.9 Å². The summed E-state index contributed by atoms with van der Waals surface area (Å²) in [5.74, 6) is -0.673. The number of nitrogens with one attached hydrogen (secondary N) is 1. The van der Waals surface area contributed by atoms with E-state index < -0.39 is 18.2 Å². The molecule has 2 aliphatic heterocycles. The Morgan fingerprint density at radius 1 is 1.13 bits per heavy atom. The molecule has 2 saturated heterocycles. The van der Waals surface area contributed by atoms with Crippen LogP contribution < -0.4 is 5.32 Å². The Hall–Kier alpha value is -2.77. The summed E-state index contributed by atoms with van der Waals surface area (Å²) in [7, 11) is 1.69. The molecule has 1 N–H and O–H groups in total. The van der Waals surface area contributed by atoms with Crippen LogP contribution in [0.15, 0.2) is 54.6 Å². The molecule has 4 rings (SSSR count). The van der Waals surface area contributed by atoms with Gasteiger partial charge in [0.05, 0.1) is 13.1 Å². The van der Waals surface area contributed by atoms with Crippen molar-refractivity contribution in [3.63, 3.8) is 0 Å². The van der Waals surface area contributed by atoms with Gasteiger partial charge in [-0.05, 0) is 36.6 Å². The highest BCUT2D eigenvalue weighted by Crippen LogP contribution is 2.28. The van der Waals surface area contributed by atoms with Crippen molar-refractivity contribution in [1.29, 1.82) is 0 Å². The molecule has 0 aliphatic carbocycles. The number of hydrazine groups is 1. The van der Waals surface area contributed by atoms with Gasteiger partial charge in [0.1, 0.15) is 22.1 Å². The first kappa shape index (κ1) is 28.2. The zero-order valence-corrected chi connectivity index (χ0v) is 23.7. The Morgan fingerprint density at radius 3 is 2.53 bits per heavy atom. The molecule has 0 radical (unpaired) electrons. The van der Waals surface area contributed by atoms with Crippen LogP contribution in [0.5, 0.6) is 0 Å². The number of hydrogen-bond acceptors (Lipinski definition) is 5. The van der Waals surface area contributed by atoms with Gasteiger partial charge >= 0.3 is 6.03 Å². The molecule has 11 heteroatoms. The fraction of sp³-hybridized carbons (Fsp3) is 0.444. The average molecular weight is 637 g/mol. The number of fused-ring (bicyclic) bond motifs is 1. The first-order valence-electron chi connectivity index (χ1n) is 12.7. The molecule has 3 atom stereocenters. The van der Waals surface area contributed by atoms with E-state index in [1.165, 1.54) is 17.1 Å². The zero-order valence-electron chi connectivity index (χ0n) is 21.6. The highest BCUT2D eigenvalue weighted by Gasteiger charge is 2.50. The molecule has 4 amide bonds. The van der Waals surface area contributed by atoms with E-state index in [0.717, 1.165) is 11.1 Å². The first-order valence-corrected chi connectivity index (χ1v) is 13.9. The van der Waals surface area contributed by atoms with Crippen molar-refractivity contribution in [2.45, 2.75) is 42.6 Å². The second-order valence-corrected chi connectivity index (χ2v) is 11.2. The lowest BCUT2D eigenvalue weighted by Gasteiger charge is -2.54. The van der Waals surface area contributed by atoms with Gasteiger partial charge < -0.3 is 19.9 Å². The summed E-state index contributed by atoms with van der Waals surface area (Å²) in [4.78, 5) is 43.7. The zero-order chi connectivity index (χ0) is 27.2. The van der Waals surface area contributed by atoms with E-state index in [-0.39, 0.29) is 41.4 Å². The number of alkyl halides is 1. The minimum absolute atomic E-state index is 0.0274. The number of urea groups is 1. The molecule has 0 bridgehead atoms. The molecular formula is C27H33FIN5O4. The maximum Gasteiger partial charge on any atom is 0.334 e. The lowest BCUT2D eigenvalue weighted by molar-refractivity contribution is -0.187. The average Bonchev–Trinajstić information content (AvgIpc) is 2.88. The van der Waals surface area contributed by atoms with Gasteiger partial charge in [0.2, 0.25) is 11.8 Å². The molecule has 0 aromatic heterocycles. The minimum atomic E-state index is -0.728. The van der Waals surface area contributed by atoms with Gasteiger partial charge in [-0.1, -0.05) is 65.1 Å². The van der Waals surface area contributed by atoms with Crippen LogP contribution in [0.3, 0.4) is 0 Å². The monoisotopic (exact) mass is 637 g/mol. The molecule has 0 saturated carbocycles. The van der Waals surface area contributed by atoms with Crippen LogP contribution >= 0.6 is 22.6 Å². The van der Waals surface area contributed by atoms with E-state index in [4.69, 9.17) is 4.74 Å². The van der Waals surface area contributed by atoms with Crippen LogP contribution in [0.4, 0.5) is 9.18 Å². The molecule has 9 nitrogen and oxygen atoms in total. The van der Waals surface area contributed by atoms with Crippen LogP contribution in [0.2, 0.25) is 0 Å². The number of benzene rings is 2. The normalized spacial score (nSPS) is 20.9. The predicted molar refractivity (Wildman–Crippen MR) is 148 cm³/mol. The van der Waals surface area contributed by atoms with Crippen molar-refractivity contribution in [2.75, 3.05) is 33.3 Å². The highest BCUT2D eigenvalue weighted by atomic mass is 127. The highest BCUT2D eigenvalue weighted by molar-refractivity contribution is 14.1. The smallest absolute Gasteiger partial charge is 0.334 e. The maximum atomic E-state index is 13.7. The molecular weight excluding hydrogens is 604 g/mol. The van der Waals surface area contributed by atoms with E-state index in [9.17, 15) is 18.8 Å². The van der Waals surface area contributed by atoms with Crippen LogP contribution in [0, 0.1) is 5.82 Å². The van der Waals surface area contributed by atoms with Gasteiger partial charge in [0.15, 0.2) is 0 Å². The Balaban J connectivity index is 1.56. The number of nitrogens with zero attached hydrogens (tertiary/aromatic N) is 4. The van der Waals surface area contributed by atoms with E-state index in [0.29, 0.717) is 26.0 Å². The van der Waals surface area contributed by atoms with Gasteiger partial charge in [-0.25, -0.2) is 19.2 Å². The molecule has 2 aliphatic rings. The van der Waals surface area contributed by atoms with Crippen LogP contribution in [0.25, 0.3) is 0 Å². The molecule has 1 unspecified atom stereocenters. The number of likely N-dealkylation sites (N-methyl/N-ethyl adjacent to an activating group) is 1. The van der Waals surface area contributed by atoms with Crippen molar-refractivity contribution < 1.29 is 23.5 Å². The number of carbonyl (C=O) groups excluding carboxylic acids is 3. The molecule has 2 fully saturated rings. The van der Waals surface area contributed by atoms with Crippen LogP contribution in [-0.2, 0) is 27.3 Å². The standard InChI is InChI=1S/C27H33FIN5O4/c1-19(29)38-14-6-13-32-17-24-33(23(26(32)36)15-20-7-4-3-5-8-20)25(35)18-31(2)34(24)27(37)30-16-21-9-11-22(28)12-10-21/h3-5,7-12,19,23-24H,6,13-18H2,1-2H3,(H,30,37)/t19?,23-,24-/m0/s1. The van der Waals surface area contributed by atoms with E-state index >= 15 is 0 Å². The van der Waals surface area contributed by atoms with Gasteiger partial charge in [-0.3, -0.25) is 9.59 Å². The van der Waals surface area contributed by atoms with Crippen molar-refractivity contribution in [1.82, 2.24) is 25.1 Å². The Morgan fingerprint density at radius 2 is 1.84 bits per heavy atom. The summed E-state index contributed by atoms with van der Waals surface area (Å²) in [6, 6.07) is 14.4. The summed E-state index contributed by atoms with van der Waals surface area (Å²) in [6.45, 7) is 3.29. The molecule has 2 aromatic rings. The number of rotatable bonds is 9. The second-order valence-electron chi connectivity index (χ2n) is 9.48. The Bertz CT molecular complexity index is 1120. The third-order valence-electron chi connectivity index (χ3n) is 6.70. The molecule has 2 aromatic carbocycles. The van der Waals surface area contributed by atoms with Gasteiger partial charge in [-0.2, -0.15) is 0 Å². The van der Waals surface area contributed by atoms with Crippen LogP contribution in [-0.4, -0.2) is 87.3 Å². The predicted octanol–water partition coefficient (Wildman–Crippen LogP) is 2.99. The van der Waals surface area contributed by atoms with Crippen LogP contribution in [0.1, 0.15) is 24.5 Å². The molecule has 0 spiro atoms. The summed E-state index contributed by atoms with van der Waals surface area (Å²) >= 11 is 2.19. The summed E-state index contributed by atoms with van der Waals surface area (Å²) in [5, 5.41) is 6.00. The third-order valence-corrected chi connectivity index (χ3v) is 7.06. The summed E-state index contributed by atoms with van der Waals surface area (Å²) in [5.41, 5.74) is 1.69. The van der Waals surface area contributed by atoms with Gasteiger partial charge in [0.25, 0.3) is 0 Å². The number of ether oxygens (including phenoxy) is 1. The van der Waals surface area contributed by atoms with Crippen molar-refractivity contribution >= 4 is 40.4 Å². The SMILES string of the molecule is CC(I)OCCCN1C[C@H]2N(C(=O)CN(C)N2C(=O)NCc2ccc(F)cc2)[C@@H](Cc2ccccc2)C1=O. The first-order chi connectivity index (χ1) is 18.2. The number of piperazine rings is 1. The maximum absolute atomic E-state index is 13.7. The third kappa shape index (κ3) is 6.80. The van der Waals surface area contributed by atoms with E-state index in [1.807, 2.05) is 37.3 Å². The Labute approximate surface area is 236 Å². The second kappa shape index (κ2) is 12.9.